The molecule has 23 heavy (non-hydrogen) atoms. The lowest BCUT2D eigenvalue weighted by Crippen LogP contribution is -2.45. The van der Waals surface area contributed by atoms with Gasteiger partial charge < -0.3 is 15.5 Å². The van der Waals surface area contributed by atoms with E-state index in [-0.39, 0.29) is 24.0 Å². The molecule has 0 aromatic heterocycles. The third-order valence-corrected chi connectivity index (χ3v) is 5.12. The van der Waals surface area contributed by atoms with Crippen LogP contribution in [-0.4, -0.2) is 49.6 Å². The number of guanidine groups is 1. The average molecular weight is 436 g/mol. The van der Waals surface area contributed by atoms with Gasteiger partial charge in [0.2, 0.25) is 0 Å². The van der Waals surface area contributed by atoms with Gasteiger partial charge in [-0.1, -0.05) is 13.8 Å². The first-order chi connectivity index (χ1) is 10.7. The fourth-order valence-electron chi connectivity index (χ4n) is 3.72. The van der Waals surface area contributed by atoms with Crippen LogP contribution in [0.15, 0.2) is 4.99 Å². The van der Waals surface area contributed by atoms with Gasteiger partial charge in [0.15, 0.2) is 5.96 Å². The summed E-state index contributed by atoms with van der Waals surface area (Å²) in [7, 11) is 0. The normalized spacial score (nSPS) is 29.2. The van der Waals surface area contributed by atoms with Crippen molar-refractivity contribution in [2.75, 3.05) is 32.7 Å². The van der Waals surface area contributed by atoms with Crippen LogP contribution >= 0.6 is 24.0 Å². The zero-order valence-corrected chi connectivity index (χ0v) is 17.6. The van der Waals surface area contributed by atoms with Gasteiger partial charge in [-0.3, -0.25) is 4.99 Å². The summed E-state index contributed by atoms with van der Waals surface area (Å²) in [4.78, 5) is 7.46. The number of halogens is 1. The summed E-state index contributed by atoms with van der Waals surface area (Å²) in [5.41, 5.74) is 0. The number of nitrogens with one attached hydrogen (secondary N) is 2. The van der Waals surface area contributed by atoms with Crippen molar-refractivity contribution >= 4 is 29.9 Å². The maximum Gasteiger partial charge on any atom is 0.191 e. The molecule has 4 nitrogen and oxygen atoms in total. The predicted molar refractivity (Wildman–Crippen MR) is 111 cm³/mol. The summed E-state index contributed by atoms with van der Waals surface area (Å²) in [6.45, 7) is 12.5. The fourth-order valence-corrected chi connectivity index (χ4v) is 3.72. The van der Waals surface area contributed by atoms with Crippen molar-refractivity contribution in [1.82, 2.24) is 15.5 Å². The first-order valence-electron chi connectivity index (χ1n) is 9.48. The molecular weight excluding hydrogens is 399 g/mol. The first-order valence-corrected chi connectivity index (χ1v) is 9.48. The van der Waals surface area contributed by atoms with Gasteiger partial charge in [0.25, 0.3) is 0 Å². The second-order valence-electron chi connectivity index (χ2n) is 7.28. The molecule has 1 aliphatic heterocycles. The highest BCUT2D eigenvalue weighted by atomic mass is 127. The van der Waals surface area contributed by atoms with Crippen molar-refractivity contribution in [2.24, 2.45) is 16.8 Å². The quantitative estimate of drug-likeness (QED) is 0.381. The third-order valence-electron chi connectivity index (χ3n) is 5.12. The van der Waals surface area contributed by atoms with Crippen LogP contribution in [0.4, 0.5) is 0 Å². The molecule has 2 N–H and O–H groups in total. The molecule has 0 amide bonds. The van der Waals surface area contributed by atoms with Crippen LogP contribution in [0.2, 0.25) is 0 Å². The lowest BCUT2D eigenvalue weighted by Gasteiger charge is -2.28. The minimum atomic E-state index is 0. The van der Waals surface area contributed by atoms with E-state index in [1.165, 1.54) is 58.2 Å². The standard InChI is InChI=1S/C18H36N4.HI/c1-4-11-22-12-10-16(14-22)13-20-18(19-5-2)21-17-8-6-15(3)7-9-17;/h15-17H,4-14H2,1-3H3,(H2,19,20,21);1H. The Kier molecular flexibility index (Phi) is 10.5. The Labute approximate surface area is 160 Å². The van der Waals surface area contributed by atoms with Crippen molar-refractivity contribution in [3.63, 3.8) is 0 Å². The molecule has 1 unspecified atom stereocenters. The van der Waals surface area contributed by atoms with Crippen LogP contribution < -0.4 is 10.6 Å². The average Bonchev–Trinajstić information content (AvgIpc) is 2.95. The Hall–Kier alpha value is -0.0400. The van der Waals surface area contributed by atoms with E-state index in [2.05, 4.69) is 36.3 Å². The van der Waals surface area contributed by atoms with Gasteiger partial charge in [0.05, 0.1) is 0 Å². The molecule has 1 atom stereocenters. The molecule has 1 saturated carbocycles. The lowest BCUT2D eigenvalue weighted by molar-refractivity contribution is 0.325. The molecule has 2 rings (SSSR count). The SMILES string of the molecule is CCCN1CCC(CN=C(NCC)NC2CCC(C)CC2)C1.I. The maximum absolute atomic E-state index is 4.87. The zero-order valence-electron chi connectivity index (χ0n) is 15.3. The van der Waals surface area contributed by atoms with Crippen molar-refractivity contribution in [2.45, 2.75) is 65.3 Å². The molecule has 1 heterocycles. The Morgan fingerprint density at radius 2 is 1.87 bits per heavy atom. The zero-order chi connectivity index (χ0) is 15.8. The van der Waals surface area contributed by atoms with Crippen LogP contribution in [0.5, 0.6) is 0 Å². The van der Waals surface area contributed by atoms with E-state index < -0.39 is 0 Å². The van der Waals surface area contributed by atoms with E-state index >= 15 is 0 Å². The Bertz CT molecular complexity index is 340. The third kappa shape index (κ3) is 7.59. The fraction of sp³-hybridized carbons (Fsp3) is 0.944. The van der Waals surface area contributed by atoms with Crippen LogP contribution in [0.25, 0.3) is 0 Å². The highest BCUT2D eigenvalue weighted by Crippen LogP contribution is 2.23. The maximum atomic E-state index is 4.87. The molecule has 0 bridgehead atoms. The van der Waals surface area contributed by atoms with Crippen LogP contribution in [0.3, 0.4) is 0 Å². The largest absolute Gasteiger partial charge is 0.357 e. The van der Waals surface area contributed by atoms with Crippen molar-refractivity contribution < 1.29 is 0 Å². The summed E-state index contributed by atoms with van der Waals surface area (Å²) < 4.78 is 0. The molecule has 0 aromatic rings. The molecule has 1 saturated heterocycles. The molecule has 2 fully saturated rings. The Morgan fingerprint density at radius 1 is 1.13 bits per heavy atom. The highest BCUT2D eigenvalue weighted by Gasteiger charge is 2.22. The minimum Gasteiger partial charge on any atom is -0.357 e. The van der Waals surface area contributed by atoms with E-state index in [1.54, 1.807) is 0 Å². The topological polar surface area (TPSA) is 39.7 Å². The smallest absolute Gasteiger partial charge is 0.191 e. The predicted octanol–water partition coefficient (Wildman–Crippen LogP) is 3.47. The minimum absolute atomic E-state index is 0. The molecule has 1 aliphatic carbocycles. The van der Waals surface area contributed by atoms with E-state index in [9.17, 15) is 0 Å². The van der Waals surface area contributed by atoms with E-state index in [4.69, 9.17) is 4.99 Å². The van der Waals surface area contributed by atoms with E-state index in [0.717, 1.165) is 30.9 Å². The van der Waals surface area contributed by atoms with Gasteiger partial charge in [-0.2, -0.15) is 0 Å². The van der Waals surface area contributed by atoms with Crippen molar-refractivity contribution in [3.8, 4) is 0 Å². The van der Waals surface area contributed by atoms with Crippen molar-refractivity contribution in [3.05, 3.63) is 0 Å². The highest BCUT2D eigenvalue weighted by molar-refractivity contribution is 14.0. The monoisotopic (exact) mass is 436 g/mol. The molecule has 2 aliphatic rings. The Morgan fingerprint density at radius 3 is 2.52 bits per heavy atom. The number of rotatable bonds is 6. The van der Waals surface area contributed by atoms with Gasteiger partial charge in [-0.05, 0) is 70.4 Å². The summed E-state index contributed by atoms with van der Waals surface area (Å²) in [5, 5.41) is 7.09. The number of nitrogens with zero attached hydrogens (tertiary/aromatic N) is 2. The summed E-state index contributed by atoms with van der Waals surface area (Å²) in [6, 6.07) is 0.620. The van der Waals surface area contributed by atoms with Crippen LogP contribution in [-0.2, 0) is 0 Å². The number of likely N-dealkylation sites (tertiary alicyclic amines) is 1. The van der Waals surface area contributed by atoms with Gasteiger partial charge in [0.1, 0.15) is 0 Å². The molecule has 0 aromatic carbocycles. The number of hydrogen-bond acceptors (Lipinski definition) is 2. The summed E-state index contributed by atoms with van der Waals surface area (Å²) in [5.74, 6) is 2.69. The first kappa shape index (κ1) is 21.0. The molecular formula is C18H37IN4. The van der Waals surface area contributed by atoms with Crippen LogP contribution in [0, 0.1) is 11.8 Å². The lowest BCUT2D eigenvalue weighted by atomic mass is 9.87. The second kappa shape index (κ2) is 11.5. The number of aliphatic imine (C=N–C) groups is 1. The number of hydrogen-bond donors (Lipinski definition) is 2. The Balaban J connectivity index is 0.00000264. The van der Waals surface area contributed by atoms with Gasteiger partial charge >= 0.3 is 0 Å². The van der Waals surface area contributed by atoms with Gasteiger partial charge in [0, 0.05) is 25.7 Å². The molecule has 5 heteroatoms. The molecule has 136 valence electrons. The van der Waals surface area contributed by atoms with Crippen molar-refractivity contribution in [1.29, 1.82) is 0 Å². The second-order valence-corrected chi connectivity index (χ2v) is 7.28. The van der Waals surface area contributed by atoms with Gasteiger partial charge in [-0.15, -0.1) is 24.0 Å². The van der Waals surface area contributed by atoms with E-state index in [0.29, 0.717) is 6.04 Å². The summed E-state index contributed by atoms with van der Waals surface area (Å²) >= 11 is 0. The summed E-state index contributed by atoms with van der Waals surface area (Å²) in [6.07, 6.45) is 7.86. The molecule has 0 spiro atoms. The van der Waals surface area contributed by atoms with Gasteiger partial charge in [-0.25, -0.2) is 0 Å². The van der Waals surface area contributed by atoms with E-state index in [1.807, 2.05) is 0 Å². The molecule has 0 radical (unpaired) electrons. The van der Waals surface area contributed by atoms with Crippen LogP contribution in [0.1, 0.15) is 59.3 Å².